The minimum Gasteiger partial charge on any atom is -0.399 e. The van der Waals surface area contributed by atoms with Crippen LogP contribution in [0.3, 0.4) is 0 Å². The molecule has 98 valence electrons. The molecule has 2 nitrogen and oxygen atoms in total. The summed E-state index contributed by atoms with van der Waals surface area (Å²) in [6.07, 6.45) is 0. The van der Waals surface area contributed by atoms with Crippen LogP contribution < -0.4 is 5.73 Å². The van der Waals surface area contributed by atoms with E-state index in [1.165, 1.54) is 12.1 Å². The lowest BCUT2D eigenvalue weighted by Crippen LogP contribution is -2.07. The van der Waals surface area contributed by atoms with Crippen molar-refractivity contribution in [2.45, 2.75) is 13.8 Å². The molecule has 0 fully saturated rings. The van der Waals surface area contributed by atoms with Gasteiger partial charge in [0.15, 0.2) is 5.78 Å². The van der Waals surface area contributed by atoms with Crippen LogP contribution in [0.15, 0.2) is 30.3 Å². The van der Waals surface area contributed by atoms with Crippen molar-refractivity contribution >= 4 is 23.1 Å². The van der Waals surface area contributed by atoms with Gasteiger partial charge in [-0.25, -0.2) is 4.39 Å². The molecule has 0 aliphatic rings. The Bertz CT molecular complexity index is 667. The highest BCUT2D eigenvalue weighted by atomic mass is 35.5. The highest BCUT2D eigenvalue weighted by Crippen LogP contribution is 2.24. The first kappa shape index (κ1) is 13.6. The molecule has 2 N–H and O–H groups in total. The highest BCUT2D eigenvalue weighted by molar-refractivity contribution is 6.31. The summed E-state index contributed by atoms with van der Waals surface area (Å²) >= 11 is 5.99. The number of carbonyl (C=O) groups excluding carboxylic acids is 1. The van der Waals surface area contributed by atoms with Crippen molar-refractivity contribution in [3.8, 4) is 0 Å². The molecule has 0 aromatic heterocycles. The fourth-order valence-electron chi connectivity index (χ4n) is 1.89. The Balaban J connectivity index is 2.53. The molecule has 0 aliphatic carbocycles. The molecule has 0 aliphatic heterocycles. The number of hydrogen-bond acceptors (Lipinski definition) is 2. The summed E-state index contributed by atoms with van der Waals surface area (Å²) in [5.74, 6) is -0.980. The standard InChI is InChI=1S/C15H13ClFNO/c1-8-6-13(16)9(2)5-12(8)15(19)11-4-3-10(18)7-14(11)17/h3-7H,18H2,1-2H3. The zero-order valence-corrected chi connectivity index (χ0v) is 11.4. The number of hydrogen-bond donors (Lipinski definition) is 1. The monoisotopic (exact) mass is 277 g/mol. The number of ketones is 1. The Morgan fingerprint density at radius 1 is 1.11 bits per heavy atom. The van der Waals surface area contributed by atoms with Gasteiger partial charge in [0.05, 0.1) is 5.56 Å². The van der Waals surface area contributed by atoms with Gasteiger partial charge in [0.1, 0.15) is 5.82 Å². The average molecular weight is 278 g/mol. The number of benzene rings is 2. The van der Waals surface area contributed by atoms with Gasteiger partial charge in [0.2, 0.25) is 0 Å². The Morgan fingerprint density at radius 2 is 1.79 bits per heavy atom. The van der Waals surface area contributed by atoms with Crippen molar-refractivity contribution in [2.24, 2.45) is 0 Å². The average Bonchev–Trinajstić information content (AvgIpc) is 2.33. The second-order valence-corrected chi connectivity index (χ2v) is 4.89. The van der Waals surface area contributed by atoms with E-state index in [0.717, 1.165) is 17.2 Å². The second-order valence-electron chi connectivity index (χ2n) is 4.48. The molecule has 0 unspecified atom stereocenters. The maximum Gasteiger partial charge on any atom is 0.196 e. The van der Waals surface area contributed by atoms with Gasteiger partial charge in [-0.3, -0.25) is 4.79 Å². The molecular weight excluding hydrogens is 265 g/mol. The van der Waals surface area contributed by atoms with E-state index >= 15 is 0 Å². The van der Waals surface area contributed by atoms with E-state index in [-0.39, 0.29) is 17.0 Å². The zero-order chi connectivity index (χ0) is 14.2. The van der Waals surface area contributed by atoms with Crippen LogP contribution in [0.5, 0.6) is 0 Å². The number of nitrogens with two attached hydrogens (primary N) is 1. The number of halogens is 2. The van der Waals surface area contributed by atoms with Crippen LogP contribution >= 0.6 is 11.6 Å². The lowest BCUT2D eigenvalue weighted by molar-refractivity contribution is 0.103. The molecular formula is C15H13ClFNO. The van der Waals surface area contributed by atoms with E-state index in [9.17, 15) is 9.18 Å². The summed E-state index contributed by atoms with van der Waals surface area (Å²) in [6, 6.07) is 7.44. The minimum atomic E-state index is -0.614. The number of nitrogen functional groups attached to an aromatic ring is 1. The van der Waals surface area contributed by atoms with Gasteiger partial charge < -0.3 is 5.73 Å². The molecule has 0 spiro atoms. The van der Waals surface area contributed by atoms with Gasteiger partial charge in [-0.05, 0) is 55.3 Å². The Hall–Kier alpha value is -1.87. The molecule has 19 heavy (non-hydrogen) atoms. The SMILES string of the molecule is Cc1cc(C(=O)c2ccc(N)cc2F)c(C)cc1Cl. The summed E-state index contributed by atoms with van der Waals surface area (Å²) in [7, 11) is 0. The van der Waals surface area contributed by atoms with E-state index in [4.69, 9.17) is 17.3 Å². The van der Waals surface area contributed by atoms with E-state index in [1.54, 1.807) is 26.0 Å². The van der Waals surface area contributed by atoms with Crippen LogP contribution in [0.1, 0.15) is 27.0 Å². The van der Waals surface area contributed by atoms with E-state index in [0.29, 0.717) is 10.6 Å². The van der Waals surface area contributed by atoms with Gasteiger partial charge in [-0.2, -0.15) is 0 Å². The fraction of sp³-hybridized carbons (Fsp3) is 0.133. The first-order valence-corrected chi connectivity index (χ1v) is 6.14. The third kappa shape index (κ3) is 2.61. The molecule has 0 radical (unpaired) electrons. The third-order valence-corrected chi connectivity index (χ3v) is 3.40. The summed E-state index contributed by atoms with van der Waals surface area (Å²) in [6.45, 7) is 3.58. The molecule has 0 saturated carbocycles. The van der Waals surface area contributed by atoms with Crippen LogP contribution in [0.4, 0.5) is 10.1 Å². The van der Waals surface area contributed by atoms with Crippen LogP contribution in [-0.2, 0) is 0 Å². The summed E-state index contributed by atoms with van der Waals surface area (Å²) in [5.41, 5.74) is 7.73. The van der Waals surface area contributed by atoms with Crippen molar-refractivity contribution in [3.05, 3.63) is 63.4 Å². The van der Waals surface area contributed by atoms with Gasteiger partial charge in [0, 0.05) is 16.3 Å². The number of aryl methyl sites for hydroxylation is 2. The van der Waals surface area contributed by atoms with Crippen LogP contribution in [0.25, 0.3) is 0 Å². The lowest BCUT2D eigenvalue weighted by atomic mass is 9.97. The molecule has 0 heterocycles. The van der Waals surface area contributed by atoms with E-state index in [2.05, 4.69) is 0 Å². The van der Waals surface area contributed by atoms with E-state index in [1.807, 2.05) is 0 Å². The maximum atomic E-state index is 13.8. The van der Waals surface area contributed by atoms with Crippen LogP contribution in [0.2, 0.25) is 5.02 Å². The summed E-state index contributed by atoms with van der Waals surface area (Å²) in [4.78, 5) is 12.3. The largest absolute Gasteiger partial charge is 0.399 e. The molecule has 0 amide bonds. The lowest BCUT2D eigenvalue weighted by Gasteiger charge is -2.09. The van der Waals surface area contributed by atoms with Gasteiger partial charge in [-0.15, -0.1) is 0 Å². The molecule has 2 aromatic rings. The van der Waals surface area contributed by atoms with Crippen molar-refractivity contribution in [1.29, 1.82) is 0 Å². The maximum absolute atomic E-state index is 13.8. The Kier molecular flexibility index (Phi) is 3.58. The smallest absolute Gasteiger partial charge is 0.196 e. The van der Waals surface area contributed by atoms with Crippen molar-refractivity contribution < 1.29 is 9.18 Å². The highest BCUT2D eigenvalue weighted by Gasteiger charge is 2.17. The molecule has 0 bridgehead atoms. The fourth-order valence-corrected chi connectivity index (χ4v) is 2.10. The van der Waals surface area contributed by atoms with E-state index < -0.39 is 5.82 Å². The predicted octanol–water partition coefficient (Wildman–Crippen LogP) is 3.91. The number of rotatable bonds is 2. The predicted molar refractivity (Wildman–Crippen MR) is 75.2 cm³/mol. The zero-order valence-electron chi connectivity index (χ0n) is 10.6. The quantitative estimate of drug-likeness (QED) is 0.668. The van der Waals surface area contributed by atoms with Crippen LogP contribution in [-0.4, -0.2) is 5.78 Å². The molecule has 0 saturated heterocycles. The van der Waals surface area contributed by atoms with Gasteiger partial charge in [0.25, 0.3) is 0 Å². The van der Waals surface area contributed by atoms with Crippen molar-refractivity contribution in [2.75, 3.05) is 5.73 Å². The first-order valence-electron chi connectivity index (χ1n) is 5.76. The van der Waals surface area contributed by atoms with Crippen molar-refractivity contribution in [3.63, 3.8) is 0 Å². The summed E-state index contributed by atoms with van der Waals surface area (Å²) in [5, 5.41) is 0.590. The molecule has 0 atom stereocenters. The first-order chi connectivity index (χ1) is 8.90. The minimum absolute atomic E-state index is 0.0130. The number of carbonyl (C=O) groups is 1. The summed E-state index contributed by atoms with van der Waals surface area (Å²) < 4.78 is 13.8. The van der Waals surface area contributed by atoms with Crippen LogP contribution in [0, 0.1) is 19.7 Å². The van der Waals surface area contributed by atoms with Gasteiger partial charge in [-0.1, -0.05) is 11.6 Å². The van der Waals surface area contributed by atoms with Gasteiger partial charge >= 0.3 is 0 Å². The molecule has 4 heteroatoms. The topological polar surface area (TPSA) is 43.1 Å². The molecule has 2 rings (SSSR count). The second kappa shape index (κ2) is 5.02. The normalized spacial score (nSPS) is 10.5. The number of anilines is 1. The molecule has 2 aromatic carbocycles. The Labute approximate surface area is 116 Å². The van der Waals surface area contributed by atoms with Crippen molar-refractivity contribution in [1.82, 2.24) is 0 Å². The third-order valence-electron chi connectivity index (χ3n) is 2.99. The Morgan fingerprint density at radius 3 is 2.42 bits per heavy atom.